The molecule has 0 atom stereocenters. The van der Waals surface area contributed by atoms with Gasteiger partial charge in [0.2, 0.25) is 0 Å². The minimum atomic E-state index is -3.94. The molecule has 0 bridgehead atoms. The van der Waals surface area contributed by atoms with Gasteiger partial charge >= 0.3 is 5.97 Å². The second-order valence-corrected chi connectivity index (χ2v) is 8.74. The monoisotopic (exact) mass is 394 g/mol. The molecular formula is C17H18N2O5S2. The number of ether oxygens (including phenoxy) is 1. The first-order valence-electron chi connectivity index (χ1n) is 7.50. The maximum absolute atomic E-state index is 12.8. The third-order valence-electron chi connectivity index (χ3n) is 3.15. The van der Waals surface area contributed by atoms with Gasteiger partial charge in [-0.15, -0.1) is 0 Å². The van der Waals surface area contributed by atoms with Gasteiger partial charge in [-0.05, 0) is 38.4 Å². The Balaban J connectivity index is 2.19. The molecule has 0 N–H and O–H groups in total. The van der Waals surface area contributed by atoms with Crippen LogP contribution in [0.15, 0.2) is 59.5 Å². The van der Waals surface area contributed by atoms with E-state index in [1.54, 1.807) is 48.7 Å². The van der Waals surface area contributed by atoms with Gasteiger partial charge in [0.15, 0.2) is 6.73 Å². The first-order valence-corrected chi connectivity index (χ1v) is 9.67. The molecular weight excluding hydrogens is 376 g/mol. The lowest BCUT2D eigenvalue weighted by Gasteiger charge is -2.23. The highest BCUT2D eigenvalue weighted by Crippen LogP contribution is 2.24. The van der Waals surface area contributed by atoms with Crippen molar-refractivity contribution >= 4 is 34.4 Å². The Morgan fingerprint density at radius 2 is 1.69 bits per heavy atom. The summed E-state index contributed by atoms with van der Waals surface area (Å²) < 4.78 is 33.3. The fourth-order valence-electron chi connectivity index (χ4n) is 1.92. The van der Waals surface area contributed by atoms with E-state index in [9.17, 15) is 18.0 Å². The van der Waals surface area contributed by atoms with Crippen LogP contribution in [0.1, 0.15) is 20.7 Å². The molecule has 138 valence electrons. The van der Waals surface area contributed by atoms with E-state index in [-0.39, 0.29) is 4.90 Å². The van der Waals surface area contributed by atoms with Crippen LogP contribution in [0.3, 0.4) is 0 Å². The molecule has 0 saturated carbocycles. The van der Waals surface area contributed by atoms with Gasteiger partial charge in [0.05, 0.1) is 10.5 Å². The molecule has 2 aromatic rings. The Morgan fingerprint density at radius 3 is 2.23 bits per heavy atom. The summed E-state index contributed by atoms with van der Waals surface area (Å²) in [4.78, 5) is 22.8. The Kier molecular flexibility index (Phi) is 6.92. The molecule has 0 aromatic heterocycles. The molecule has 26 heavy (non-hydrogen) atoms. The van der Waals surface area contributed by atoms with Gasteiger partial charge in [0.1, 0.15) is 6.29 Å². The number of carbonyl (C=O) groups excluding carboxylic acids is 2. The molecule has 0 saturated heterocycles. The summed E-state index contributed by atoms with van der Waals surface area (Å²) in [7, 11) is -0.601. The van der Waals surface area contributed by atoms with Crippen LogP contribution >= 0.6 is 12.1 Å². The van der Waals surface area contributed by atoms with Crippen LogP contribution in [-0.4, -0.2) is 49.5 Å². The number of carbonyl (C=O) groups is 2. The summed E-state index contributed by atoms with van der Waals surface area (Å²) in [6.07, 6.45) is 0.629. The van der Waals surface area contributed by atoms with Gasteiger partial charge in [0, 0.05) is 17.7 Å². The van der Waals surface area contributed by atoms with Crippen LogP contribution in [-0.2, 0) is 14.8 Å². The van der Waals surface area contributed by atoms with Crippen molar-refractivity contribution in [2.45, 2.75) is 4.90 Å². The summed E-state index contributed by atoms with van der Waals surface area (Å²) in [6, 6.07) is 13.8. The fraction of sp³-hybridized carbons (Fsp3) is 0.176. The van der Waals surface area contributed by atoms with Crippen molar-refractivity contribution in [1.82, 2.24) is 8.02 Å². The first-order chi connectivity index (χ1) is 12.3. The zero-order valence-electron chi connectivity index (χ0n) is 14.2. The van der Waals surface area contributed by atoms with Crippen molar-refractivity contribution < 1.29 is 22.7 Å². The maximum Gasteiger partial charge on any atom is 0.339 e. The number of benzene rings is 2. The van der Waals surface area contributed by atoms with Crippen molar-refractivity contribution in [3.05, 3.63) is 65.7 Å². The molecule has 9 heteroatoms. The van der Waals surface area contributed by atoms with Crippen LogP contribution in [0, 0.1) is 0 Å². The Bertz CT molecular complexity index is 852. The predicted molar refractivity (Wildman–Crippen MR) is 98.9 cm³/mol. The molecule has 7 nitrogen and oxygen atoms in total. The van der Waals surface area contributed by atoms with Crippen molar-refractivity contribution in [1.29, 1.82) is 0 Å². The second kappa shape index (κ2) is 8.95. The topological polar surface area (TPSA) is 84.0 Å². The fourth-order valence-corrected chi connectivity index (χ4v) is 4.30. The van der Waals surface area contributed by atoms with Gasteiger partial charge in [-0.1, -0.05) is 34.0 Å². The van der Waals surface area contributed by atoms with Gasteiger partial charge in [-0.3, -0.25) is 4.79 Å². The SMILES string of the molecule is CN(C)SN(COC(=O)c1ccccc1)S(=O)(=O)c1ccc(C=O)cc1. The smallest absolute Gasteiger partial charge is 0.339 e. The van der Waals surface area contributed by atoms with E-state index < -0.39 is 22.7 Å². The number of hydrogen-bond acceptors (Lipinski definition) is 7. The van der Waals surface area contributed by atoms with E-state index in [4.69, 9.17) is 4.74 Å². The summed E-state index contributed by atoms with van der Waals surface area (Å²) >= 11 is 0.880. The normalized spacial score (nSPS) is 11.5. The molecule has 0 unspecified atom stereocenters. The highest BCUT2D eigenvalue weighted by atomic mass is 32.3. The lowest BCUT2D eigenvalue weighted by Crippen LogP contribution is -2.31. The molecule has 0 amide bonds. The molecule has 0 aliphatic rings. The molecule has 0 aliphatic heterocycles. The largest absolute Gasteiger partial charge is 0.444 e. The van der Waals surface area contributed by atoms with Crippen molar-refractivity contribution in [2.75, 3.05) is 20.8 Å². The van der Waals surface area contributed by atoms with Crippen LogP contribution in [0.5, 0.6) is 0 Å². The standard InChI is InChI=1S/C17H18N2O5S2/c1-18(2)25-19(13-24-17(21)15-6-4-3-5-7-15)26(22,23)16-10-8-14(12-20)9-11-16/h3-12H,13H2,1-2H3. The van der Waals surface area contributed by atoms with Gasteiger partial charge in [-0.25, -0.2) is 17.5 Å². The van der Waals surface area contributed by atoms with Gasteiger partial charge in [-0.2, -0.15) is 0 Å². The Labute approximate surface area is 156 Å². The minimum absolute atomic E-state index is 0.00629. The molecule has 0 aliphatic carbocycles. The molecule has 0 radical (unpaired) electrons. The maximum atomic E-state index is 12.8. The highest BCUT2D eigenvalue weighted by molar-refractivity contribution is 8.07. The van der Waals surface area contributed by atoms with Crippen LogP contribution in [0.4, 0.5) is 0 Å². The quantitative estimate of drug-likeness (QED) is 0.294. The Morgan fingerprint density at radius 1 is 1.08 bits per heavy atom. The third-order valence-corrected chi connectivity index (χ3v) is 6.06. The molecule has 2 aromatic carbocycles. The number of aldehydes is 1. The summed E-state index contributed by atoms with van der Waals surface area (Å²) in [5.41, 5.74) is 0.696. The van der Waals surface area contributed by atoms with Gasteiger partial charge in [0.25, 0.3) is 10.0 Å². The highest BCUT2D eigenvalue weighted by Gasteiger charge is 2.28. The summed E-state index contributed by atoms with van der Waals surface area (Å²) in [6.45, 7) is -0.464. The first kappa shape index (κ1) is 20.1. The second-order valence-electron chi connectivity index (χ2n) is 5.32. The average molecular weight is 394 g/mol. The number of esters is 1. The van der Waals surface area contributed by atoms with E-state index in [0.29, 0.717) is 17.4 Å². The molecule has 0 fully saturated rings. The number of sulfonamides is 1. The van der Waals surface area contributed by atoms with E-state index in [1.165, 1.54) is 24.3 Å². The predicted octanol–water partition coefficient (Wildman–Crippen LogP) is 2.43. The van der Waals surface area contributed by atoms with E-state index >= 15 is 0 Å². The number of rotatable bonds is 8. The van der Waals surface area contributed by atoms with Crippen LogP contribution < -0.4 is 0 Å². The zero-order chi connectivity index (χ0) is 19.2. The van der Waals surface area contributed by atoms with Crippen molar-refractivity contribution in [2.24, 2.45) is 0 Å². The lowest BCUT2D eigenvalue weighted by molar-refractivity contribution is 0.0443. The molecule has 0 spiro atoms. The average Bonchev–Trinajstić information content (AvgIpc) is 2.65. The Hall–Kier alpha value is -2.20. The summed E-state index contributed by atoms with van der Waals surface area (Å²) in [5.74, 6) is -0.624. The van der Waals surface area contributed by atoms with Crippen LogP contribution in [0.25, 0.3) is 0 Å². The third kappa shape index (κ3) is 5.15. The summed E-state index contributed by atoms with van der Waals surface area (Å²) in [5, 5.41) is 0. The molecule has 2 rings (SSSR count). The zero-order valence-corrected chi connectivity index (χ0v) is 15.9. The van der Waals surface area contributed by atoms with Crippen molar-refractivity contribution in [3.63, 3.8) is 0 Å². The molecule has 0 heterocycles. The van der Waals surface area contributed by atoms with E-state index in [2.05, 4.69) is 0 Å². The van der Waals surface area contributed by atoms with E-state index in [0.717, 1.165) is 15.8 Å². The van der Waals surface area contributed by atoms with E-state index in [1.807, 2.05) is 0 Å². The van der Waals surface area contributed by atoms with Crippen LogP contribution in [0.2, 0.25) is 0 Å². The minimum Gasteiger partial charge on any atom is -0.444 e. The van der Waals surface area contributed by atoms with Crippen molar-refractivity contribution in [3.8, 4) is 0 Å². The number of hydrogen-bond donors (Lipinski definition) is 0. The van der Waals surface area contributed by atoms with Gasteiger partial charge < -0.3 is 4.74 Å². The lowest BCUT2D eigenvalue weighted by atomic mass is 10.2. The number of nitrogens with zero attached hydrogens (tertiary/aromatic N) is 2.